The second-order valence-corrected chi connectivity index (χ2v) is 24.0. The minimum atomic E-state index is -1.58. The number of hydrogen-bond acceptors (Lipinski definition) is 2. The molecule has 0 heterocycles. The van der Waals surface area contributed by atoms with E-state index >= 15 is 0 Å². The molecule has 0 unspecified atom stereocenters. The van der Waals surface area contributed by atoms with Gasteiger partial charge in [0.15, 0.2) is 33.3 Å². The molecule has 0 aromatic rings. The van der Waals surface area contributed by atoms with Crippen molar-refractivity contribution in [3.05, 3.63) is 48.1 Å². The Morgan fingerprint density at radius 1 is 0.542 bits per heavy atom. The quantitative estimate of drug-likeness (QED) is 0.432. The van der Waals surface area contributed by atoms with E-state index in [-0.39, 0.29) is 0 Å². The maximum atomic E-state index is 6.21. The maximum absolute atomic E-state index is 6.21. The Labute approximate surface area is 155 Å². The van der Waals surface area contributed by atoms with Crippen LogP contribution >= 0.6 is 0 Å². The monoisotopic (exact) mass is 400 g/mol. The van der Waals surface area contributed by atoms with E-state index in [2.05, 4.69) is 103 Å². The molecule has 0 saturated carbocycles. The lowest BCUT2D eigenvalue weighted by Crippen LogP contribution is -2.42. The molecule has 2 nitrogen and oxygen atoms in total. The van der Waals surface area contributed by atoms with Crippen molar-refractivity contribution >= 4 is 33.3 Å². The highest BCUT2D eigenvalue weighted by molar-refractivity contribution is 6.90. The summed E-state index contributed by atoms with van der Waals surface area (Å²) in [6.07, 6.45) is 4.21. The molecule has 0 bridgehead atoms. The van der Waals surface area contributed by atoms with Crippen LogP contribution in [0.5, 0.6) is 0 Å². The Kier molecular flexibility index (Phi) is 11.6. The molecule has 0 fully saturated rings. The van der Waals surface area contributed by atoms with E-state index in [1.807, 2.05) is 11.4 Å². The van der Waals surface area contributed by atoms with Crippen molar-refractivity contribution < 1.29 is 8.23 Å². The molecule has 0 rings (SSSR count). The summed E-state index contributed by atoms with van der Waals surface area (Å²) in [6.45, 7) is 29.2. The molecule has 0 amide bonds. The molecule has 0 spiro atoms. The Bertz CT molecular complexity index is 410. The summed E-state index contributed by atoms with van der Waals surface area (Å²) in [6, 6.07) is 0. The van der Waals surface area contributed by atoms with E-state index in [0.29, 0.717) is 0 Å². The zero-order valence-electron chi connectivity index (χ0n) is 17.7. The summed E-state index contributed by atoms with van der Waals surface area (Å²) in [5.74, 6) is 0. The fourth-order valence-corrected chi connectivity index (χ4v) is 16.0. The highest BCUT2D eigenvalue weighted by atomic mass is 28.4. The van der Waals surface area contributed by atoms with E-state index in [1.165, 1.54) is 0 Å². The van der Waals surface area contributed by atoms with Crippen molar-refractivity contribution in [2.24, 2.45) is 0 Å². The molecule has 140 valence electrons. The fourth-order valence-electron chi connectivity index (χ4n) is 2.31. The minimum Gasteiger partial charge on any atom is -0.449 e. The lowest BCUT2D eigenvalue weighted by molar-refractivity contribution is 0.570. The van der Waals surface area contributed by atoms with Crippen molar-refractivity contribution in [1.82, 2.24) is 0 Å². The van der Waals surface area contributed by atoms with Gasteiger partial charge in [0.25, 0.3) is 0 Å². The molecule has 0 aliphatic heterocycles. The first kappa shape index (κ1) is 26.0. The second-order valence-electron chi connectivity index (χ2n) is 8.03. The van der Waals surface area contributed by atoms with Crippen molar-refractivity contribution in [2.45, 2.75) is 66.2 Å². The Hall–Kier alpha value is -0.252. The van der Waals surface area contributed by atoms with Gasteiger partial charge < -0.3 is 8.23 Å². The largest absolute Gasteiger partial charge is 0.449 e. The second kappa shape index (κ2) is 10.7. The van der Waals surface area contributed by atoms with Crippen LogP contribution in [0.15, 0.2) is 48.1 Å². The highest BCUT2D eigenvalue weighted by Crippen LogP contribution is 2.16. The smallest absolute Gasteiger partial charge is 0.198 e. The number of allylic oxidation sites excluding steroid dienone is 2. The Morgan fingerprint density at radius 3 is 1.00 bits per heavy atom. The normalized spacial score (nSPS) is 13.8. The van der Waals surface area contributed by atoms with E-state index < -0.39 is 33.3 Å². The first-order valence-electron chi connectivity index (χ1n) is 8.61. The SMILES string of the molecule is C/C=C/[Si](C)(C)O[Si](C)(C)/C=C/C.C=C[Si](C)(C)O[Si](C)(C)C=C. The molecule has 6 heteroatoms. The van der Waals surface area contributed by atoms with Crippen LogP contribution in [0.4, 0.5) is 0 Å². The molecule has 0 radical (unpaired) electrons. The third-order valence-electron chi connectivity index (χ3n) is 3.17. The van der Waals surface area contributed by atoms with Crippen molar-refractivity contribution in [3.8, 4) is 0 Å². The first-order valence-corrected chi connectivity index (χ1v) is 20.6. The maximum Gasteiger partial charge on any atom is 0.198 e. The summed E-state index contributed by atoms with van der Waals surface area (Å²) in [5.41, 5.74) is 8.41. The first-order chi connectivity index (χ1) is 10.7. The van der Waals surface area contributed by atoms with Crippen LogP contribution in [0, 0.1) is 0 Å². The van der Waals surface area contributed by atoms with Crippen molar-refractivity contribution in [1.29, 1.82) is 0 Å². The van der Waals surface area contributed by atoms with Gasteiger partial charge in [0.05, 0.1) is 0 Å². The average Bonchev–Trinajstić information content (AvgIpc) is 2.36. The fraction of sp³-hybridized carbons (Fsp3) is 0.556. The summed E-state index contributed by atoms with van der Waals surface area (Å²) >= 11 is 0. The van der Waals surface area contributed by atoms with Gasteiger partial charge in [-0.1, -0.05) is 34.9 Å². The van der Waals surface area contributed by atoms with Crippen LogP contribution in [-0.2, 0) is 8.23 Å². The molecular formula is C18H40O2Si4. The van der Waals surface area contributed by atoms with Crippen LogP contribution in [0.1, 0.15) is 13.8 Å². The molecule has 0 aliphatic carbocycles. The zero-order valence-corrected chi connectivity index (χ0v) is 21.7. The van der Waals surface area contributed by atoms with Crippen LogP contribution in [-0.4, -0.2) is 33.3 Å². The molecule has 0 aliphatic rings. The van der Waals surface area contributed by atoms with E-state index in [0.717, 1.165) is 0 Å². The third kappa shape index (κ3) is 14.1. The van der Waals surface area contributed by atoms with Crippen LogP contribution in [0.3, 0.4) is 0 Å². The molecule has 0 aromatic carbocycles. The molecule has 0 N–H and O–H groups in total. The standard InChI is InChI=1S/C10H22OSi2.C8H18OSi2/c1-7-9-12(3,4)11-13(5,6)10-8-2;1-7-10(3,4)9-11(5,6)8-2/h7-10H,1-6H3;7-8H,1-2H2,3-6H3/b9-7+,10-8+;. The average molecular weight is 401 g/mol. The van der Waals surface area contributed by atoms with Gasteiger partial charge in [0.1, 0.15) is 0 Å². The van der Waals surface area contributed by atoms with Crippen LogP contribution < -0.4 is 0 Å². The van der Waals surface area contributed by atoms with Gasteiger partial charge in [-0.3, -0.25) is 0 Å². The van der Waals surface area contributed by atoms with Gasteiger partial charge in [0, 0.05) is 0 Å². The molecule has 0 atom stereocenters. The van der Waals surface area contributed by atoms with Crippen molar-refractivity contribution in [3.63, 3.8) is 0 Å². The number of hydrogen-bond donors (Lipinski definition) is 0. The lowest BCUT2D eigenvalue weighted by atomic mass is 10.8. The summed E-state index contributed by atoms with van der Waals surface area (Å²) < 4.78 is 12.2. The summed E-state index contributed by atoms with van der Waals surface area (Å²) in [4.78, 5) is 0. The van der Waals surface area contributed by atoms with E-state index in [1.54, 1.807) is 0 Å². The summed E-state index contributed by atoms with van der Waals surface area (Å²) in [5, 5.41) is 0. The predicted molar refractivity (Wildman–Crippen MR) is 122 cm³/mol. The van der Waals surface area contributed by atoms with E-state index in [9.17, 15) is 0 Å². The number of rotatable bonds is 8. The summed E-state index contributed by atoms with van der Waals surface area (Å²) in [7, 11) is -6.25. The Morgan fingerprint density at radius 2 is 0.792 bits per heavy atom. The topological polar surface area (TPSA) is 18.5 Å². The predicted octanol–water partition coefficient (Wildman–Crippen LogP) is 6.51. The zero-order chi connectivity index (χ0) is 19.7. The van der Waals surface area contributed by atoms with Gasteiger partial charge >= 0.3 is 0 Å². The highest BCUT2D eigenvalue weighted by Gasteiger charge is 2.29. The van der Waals surface area contributed by atoms with Gasteiger partial charge in [0.2, 0.25) is 0 Å². The van der Waals surface area contributed by atoms with Gasteiger partial charge in [-0.15, -0.1) is 13.2 Å². The van der Waals surface area contributed by atoms with Crippen LogP contribution in [0.2, 0.25) is 52.4 Å². The van der Waals surface area contributed by atoms with Crippen molar-refractivity contribution in [2.75, 3.05) is 0 Å². The Balaban J connectivity index is 0. The molecule has 0 aromatic heterocycles. The van der Waals surface area contributed by atoms with Gasteiger partial charge in [-0.2, -0.15) is 0 Å². The minimum absolute atomic E-state index is 1.55. The third-order valence-corrected chi connectivity index (χ3v) is 15.8. The van der Waals surface area contributed by atoms with E-state index in [4.69, 9.17) is 8.23 Å². The van der Waals surface area contributed by atoms with Crippen LogP contribution in [0.25, 0.3) is 0 Å². The van der Waals surface area contributed by atoms with Gasteiger partial charge in [-0.25, -0.2) is 0 Å². The molecule has 0 saturated heterocycles. The molecule has 24 heavy (non-hydrogen) atoms. The molecular weight excluding hydrogens is 361 g/mol. The lowest BCUT2D eigenvalue weighted by Gasteiger charge is -2.29. The van der Waals surface area contributed by atoms with Gasteiger partial charge in [-0.05, 0) is 66.2 Å².